The van der Waals surface area contributed by atoms with Crippen LogP contribution in [-0.4, -0.2) is 32.9 Å². The molecule has 1 fully saturated rings. The van der Waals surface area contributed by atoms with Crippen molar-refractivity contribution in [1.29, 1.82) is 0 Å². The molecule has 134 valence electrons. The van der Waals surface area contributed by atoms with E-state index in [2.05, 4.69) is 0 Å². The van der Waals surface area contributed by atoms with Gasteiger partial charge in [0.15, 0.2) is 0 Å². The summed E-state index contributed by atoms with van der Waals surface area (Å²) in [6.45, 7) is 0.929. The van der Waals surface area contributed by atoms with E-state index in [0.29, 0.717) is 13.1 Å². The van der Waals surface area contributed by atoms with Crippen LogP contribution in [0.5, 0.6) is 5.75 Å². The maximum atomic E-state index is 13.1. The van der Waals surface area contributed by atoms with Gasteiger partial charge in [-0.25, -0.2) is 12.8 Å². The Morgan fingerprint density at radius 3 is 2.36 bits per heavy atom. The summed E-state index contributed by atoms with van der Waals surface area (Å²) in [6.07, 6.45) is 2.75. The summed E-state index contributed by atoms with van der Waals surface area (Å²) in [4.78, 5) is 0.143. The number of hydrogen-bond acceptors (Lipinski definition) is 3. The average molecular weight is 363 g/mol. The van der Waals surface area contributed by atoms with E-state index in [1.165, 1.54) is 28.6 Å². The van der Waals surface area contributed by atoms with E-state index in [-0.39, 0.29) is 10.8 Å². The minimum atomic E-state index is -3.61. The summed E-state index contributed by atoms with van der Waals surface area (Å²) < 4.78 is 45.6. The van der Waals surface area contributed by atoms with Crippen molar-refractivity contribution in [2.24, 2.45) is 0 Å². The Balaban J connectivity index is 1.84. The van der Waals surface area contributed by atoms with Crippen LogP contribution in [0.3, 0.4) is 0 Å². The highest BCUT2D eigenvalue weighted by molar-refractivity contribution is 7.89. The van der Waals surface area contributed by atoms with Gasteiger partial charge in [-0.05, 0) is 60.7 Å². The Morgan fingerprint density at radius 2 is 1.72 bits per heavy atom. The zero-order chi connectivity index (χ0) is 17.9. The minimum absolute atomic E-state index is 0.142. The molecule has 3 rings (SSSR count). The molecule has 0 spiro atoms. The Bertz CT molecular complexity index is 804. The van der Waals surface area contributed by atoms with Crippen LogP contribution in [0.2, 0.25) is 0 Å². The van der Waals surface area contributed by atoms with Gasteiger partial charge in [0, 0.05) is 13.1 Å². The van der Waals surface area contributed by atoms with Crippen LogP contribution >= 0.6 is 0 Å². The fourth-order valence-electron chi connectivity index (χ4n) is 3.23. The van der Waals surface area contributed by atoms with Gasteiger partial charge < -0.3 is 4.74 Å². The van der Waals surface area contributed by atoms with Crippen molar-refractivity contribution in [2.75, 3.05) is 20.2 Å². The van der Waals surface area contributed by atoms with Crippen molar-refractivity contribution < 1.29 is 17.5 Å². The molecule has 1 unspecified atom stereocenters. The van der Waals surface area contributed by atoms with Crippen LogP contribution < -0.4 is 4.74 Å². The zero-order valence-corrected chi connectivity index (χ0v) is 15.0. The summed E-state index contributed by atoms with van der Waals surface area (Å²) in [5.74, 6) is 0.489. The molecule has 0 radical (unpaired) electrons. The molecular weight excluding hydrogens is 341 g/mol. The van der Waals surface area contributed by atoms with Crippen LogP contribution in [0.15, 0.2) is 53.4 Å². The third-order valence-electron chi connectivity index (χ3n) is 4.67. The van der Waals surface area contributed by atoms with E-state index in [9.17, 15) is 12.8 Å². The number of ether oxygens (including phenoxy) is 1. The molecule has 1 aliphatic rings. The van der Waals surface area contributed by atoms with Crippen molar-refractivity contribution in [3.63, 3.8) is 0 Å². The summed E-state index contributed by atoms with van der Waals surface area (Å²) in [7, 11) is -1.99. The van der Waals surface area contributed by atoms with Gasteiger partial charge in [-0.15, -0.1) is 0 Å². The van der Waals surface area contributed by atoms with E-state index in [1.54, 1.807) is 7.11 Å². The summed E-state index contributed by atoms with van der Waals surface area (Å²) >= 11 is 0. The van der Waals surface area contributed by atoms with Gasteiger partial charge in [-0.3, -0.25) is 0 Å². The first-order valence-corrected chi connectivity index (χ1v) is 9.84. The first-order valence-electron chi connectivity index (χ1n) is 8.40. The minimum Gasteiger partial charge on any atom is -0.497 e. The van der Waals surface area contributed by atoms with Crippen molar-refractivity contribution >= 4 is 10.0 Å². The first kappa shape index (κ1) is 17.9. The van der Waals surface area contributed by atoms with E-state index < -0.39 is 15.8 Å². The normalized spacial score (nSPS) is 19.4. The van der Waals surface area contributed by atoms with Crippen LogP contribution in [-0.2, 0) is 10.0 Å². The maximum Gasteiger partial charge on any atom is 0.243 e. The van der Waals surface area contributed by atoms with Crippen molar-refractivity contribution in [1.82, 2.24) is 4.31 Å². The molecule has 25 heavy (non-hydrogen) atoms. The molecule has 1 aliphatic heterocycles. The van der Waals surface area contributed by atoms with Gasteiger partial charge in [0.1, 0.15) is 11.6 Å². The number of benzene rings is 2. The molecular formula is C19H22FNO3S. The van der Waals surface area contributed by atoms with Gasteiger partial charge >= 0.3 is 0 Å². The maximum absolute atomic E-state index is 13.1. The van der Waals surface area contributed by atoms with Crippen molar-refractivity contribution in [2.45, 2.75) is 30.1 Å². The predicted molar refractivity (Wildman–Crippen MR) is 94.7 cm³/mol. The second-order valence-electron chi connectivity index (χ2n) is 6.28. The van der Waals surface area contributed by atoms with Gasteiger partial charge in [0.25, 0.3) is 0 Å². The molecule has 1 heterocycles. The van der Waals surface area contributed by atoms with Crippen molar-refractivity contribution in [3.05, 3.63) is 59.9 Å². The zero-order valence-electron chi connectivity index (χ0n) is 14.2. The summed E-state index contributed by atoms with van der Waals surface area (Å²) in [5, 5.41) is 0. The molecule has 6 heteroatoms. The molecule has 1 atom stereocenters. The highest BCUT2D eigenvalue weighted by Crippen LogP contribution is 2.30. The van der Waals surface area contributed by atoms with E-state index in [0.717, 1.165) is 30.6 Å². The second kappa shape index (κ2) is 7.54. The monoisotopic (exact) mass is 363 g/mol. The summed E-state index contributed by atoms with van der Waals surface area (Å²) in [5.41, 5.74) is 1.11. The Kier molecular flexibility index (Phi) is 5.39. The van der Waals surface area contributed by atoms with Gasteiger partial charge in [0.2, 0.25) is 10.0 Å². The lowest BCUT2D eigenvalue weighted by Crippen LogP contribution is -2.34. The molecule has 0 amide bonds. The Morgan fingerprint density at radius 1 is 1.04 bits per heavy atom. The predicted octanol–water partition coefficient (Wildman–Crippen LogP) is 3.79. The van der Waals surface area contributed by atoms with Gasteiger partial charge in [-0.1, -0.05) is 18.6 Å². The molecule has 0 aliphatic carbocycles. The average Bonchev–Trinajstić information content (AvgIpc) is 2.89. The fourth-order valence-corrected chi connectivity index (χ4v) is 4.75. The summed E-state index contributed by atoms with van der Waals surface area (Å²) in [6, 6.07) is 12.8. The van der Waals surface area contributed by atoms with Crippen LogP contribution in [0.1, 0.15) is 30.7 Å². The molecule has 0 N–H and O–H groups in total. The largest absolute Gasteiger partial charge is 0.497 e. The standard InChI is InChI=1S/C19H22FNO3S/c1-24-18-9-5-15(6-10-18)16-4-2-3-13-21(14-16)25(22,23)19-11-7-17(20)8-12-19/h5-12,16H,2-4,13-14H2,1H3. The highest BCUT2D eigenvalue weighted by Gasteiger charge is 2.29. The fraction of sp³-hybridized carbons (Fsp3) is 0.368. The Labute approximate surface area is 148 Å². The smallest absolute Gasteiger partial charge is 0.243 e. The van der Waals surface area contributed by atoms with E-state index in [4.69, 9.17) is 4.74 Å². The molecule has 0 saturated carbocycles. The Hall–Kier alpha value is -1.92. The molecule has 0 aromatic heterocycles. The number of methoxy groups -OCH3 is 1. The molecule has 2 aromatic rings. The highest BCUT2D eigenvalue weighted by atomic mass is 32.2. The molecule has 4 nitrogen and oxygen atoms in total. The number of hydrogen-bond donors (Lipinski definition) is 0. The number of nitrogens with zero attached hydrogens (tertiary/aromatic N) is 1. The molecule has 1 saturated heterocycles. The van der Waals surface area contributed by atoms with Crippen LogP contribution in [0, 0.1) is 5.82 Å². The SMILES string of the molecule is COc1ccc(C2CCCCN(S(=O)(=O)c3ccc(F)cc3)C2)cc1. The lowest BCUT2D eigenvalue weighted by Gasteiger charge is -2.24. The molecule has 2 aromatic carbocycles. The lowest BCUT2D eigenvalue weighted by molar-refractivity contribution is 0.404. The van der Waals surface area contributed by atoms with Crippen LogP contribution in [0.4, 0.5) is 4.39 Å². The van der Waals surface area contributed by atoms with E-state index >= 15 is 0 Å². The molecule has 0 bridgehead atoms. The quantitative estimate of drug-likeness (QED) is 0.830. The number of halogens is 1. The third-order valence-corrected chi connectivity index (χ3v) is 6.55. The van der Waals surface area contributed by atoms with Crippen LogP contribution in [0.25, 0.3) is 0 Å². The van der Waals surface area contributed by atoms with E-state index in [1.807, 2.05) is 24.3 Å². The first-order chi connectivity index (χ1) is 12.0. The van der Waals surface area contributed by atoms with Gasteiger partial charge in [-0.2, -0.15) is 4.31 Å². The van der Waals surface area contributed by atoms with Gasteiger partial charge in [0.05, 0.1) is 12.0 Å². The number of sulfonamides is 1. The second-order valence-corrected chi connectivity index (χ2v) is 8.22. The number of rotatable bonds is 4. The topological polar surface area (TPSA) is 46.6 Å². The van der Waals surface area contributed by atoms with Crippen molar-refractivity contribution in [3.8, 4) is 5.75 Å². The lowest BCUT2D eigenvalue weighted by atomic mass is 9.94. The third kappa shape index (κ3) is 4.02.